The zero-order valence-electron chi connectivity index (χ0n) is 10.8. The Kier molecular flexibility index (Phi) is 5.34. The fraction of sp³-hybridized carbons (Fsp3) is 0.462. The van der Waals surface area contributed by atoms with Crippen LogP contribution in [0.3, 0.4) is 0 Å². The number of benzene rings is 1. The maximum Gasteiger partial charge on any atom is 0.248 e. The van der Waals surface area contributed by atoms with Crippen LogP contribution in [0, 0.1) is 5.92 Å². The van der Waals surface area contributed by atoms with Crippen LogP contribution < -0.4 is 11.5 Å². The first-order valence-corrected chi connectivity index (χ1v) is 7.46. The fourth-order valence-corrected chi connectivity index (χ4v) is 3.15. The normalized spacial score (nSPS) is 14.1. The summed E-state index contributed by atoms with van der Waals surface area (Å²) < 4.78 is 11.9. The molecule has 0 aliphatic heterocycles. The van der Waals surface area contributed by atoms with E-state index < -0.39 is 16.7 Å². The Labute approximate surface area is 110 Å². The minimum absolute atomic E-state index is 0.379. The summed E-state index contributed by atoms with van der Waals surface area (Å²) in [4.78, 5) is 11.0. The van der Waals surface area contributed by atoms with Crippen LogP contribution in [0.5, 0.6) is 0 Å². The maximum atomic E-state index is 11.9. The highest BCUT2D eigenvalue weighted by molar-refractivity contribution is 7.84. The molecule has 5 heteroatoms. The van der Waals surface area contributed by atoms with E-state index in [1.165, 1.54) is 6.07 Å². The second-order valence-corrected chi connectivity index (χ2v) is 6.04. The average molecular weight is 268 g/mol. The molecule has 4 nitrogen and oxygen atoms in total. The number of anilines is 1. The molecule has 0 radical (unpaired) electrons. The molecule has 1 aromatic carbocycles. The van der Waals surface area contributed by atoms with Gasteiger partial charge in [-0.3, -0.25) is 9.00 Å². The van der Waals surface area contributed by atoms with Crippen LogP contribution in [0.1, 0.15) is 36.2 Å². The van der Waals surface area contributed by atoms with Crippen LogP contribution in [-0.4, -0.2) is 15.9 Å². The van der Waals surface area contributed by atoms with Crippen molar-refractivity contribution < 1.29 is 9.00 Å². The van der Waals surface area contributed by atoms with Gasteiger partial charge in [-0.25, -0.2) is 0 Å². The van der Waals surface area contributed by atoms with Gasteiger partial charge < -0.3 is 11.5 Å². The van der Waals surface area contributed by atoms with Crippen molar-refractivity contribution >= 4 is 22.4 Å². The SMILES string of the molecule is CCC(C)CS(=O)Cc1ccc(C(N)=O)cc1N. The number of hydrogen-bond donors (Lipinski definition) is 2. The van der Waals surface area contributed by atoms with Crippen molar-refractivity contribution in [1.82, 2.24) is 0 Å². The van der Waals surface area contributed by atoms with Gasteiger partial charge in [0.2, 0.25) is 5.91 Å². The number of primary amides is 1. The molecule has 0 fully saturated rings. The van der Waals surface area contributed by atoms with Gasteiger partial charge in [0.15, 0.2) is 0 Å². The van der Waals surface area contributed by atoms with E-state index in [0.29, 0.717) is 28.7 Å². The summed E-state index contributed by atoms with van der Waals surface area (Å²) in [6.45, 7) is 4.16. The number of hydrogen-bond acceptors (Lipinski definition) is 3. The van der Waals surface area contributed by atoms with E-state index in [2.05, 4.69) is 13.8 Å². The van der Waals surface area contributed by atoms with E-state index in [9.17, 15) is 9.00 Å². The van der Waals surface area contributed by atoms with Crippen molar-refractivity contribution in [3.63, 3.8) is 0 Å². The summed E-state index contributed by atoms with van der Waals surface area (Å²) in [6, 6.07) is 4.89. The van der Waals surface area contributed by atoms with Gasteiger partial charge in [-0.15, -0.1) is 0 Å². The van der Waals surface area contributed by atoms with Gasteiger partial charge in [0.05, 0.1) is 5.75 Å². The van der Waals surface area contributed by atoms with E-state index in [1.54, 1.807) is 12.1 Å². The Balaban J connectivity index is 2.74. The number of rotatable bonds is 6. The molecule has 100 valence electrons. The third-order valence-corrected chi connectivity index (χ3v) is 4.49. The summed E-state index contributed by atoms with van der Waals surface area (Å²) in [7, 11) is -0.925. The van der Waals surface area contributed by atoms with Crippen molar-refractivity contribution in [2.75, 3.05) is 11.5 Å². The van der Waals surface area contributed by atoms with Crippen molar-refractivity contribution in [3.8, 4) is 0 Å². The lowest BCUT2D eigenvalue weighted by atomic mass is 10.1. The predicted molar refractivity (Wildman–Crippen MR) is 75.5 cm³/mol. The van der Waals surface area contributed by atoms with Crippen LogP contribution in [0.15, 0.2) is 18.2 Å². The summed E-state index contributed by atoms with van der Waals surface area (Å²) in [5.41, 5.74) is 12.7. The zero-order chi connectivity index (χ0) is 13.7. The molecule has 1 rings (SSSR count). The Hall–Kier alpha value is -1.36. The molecule has 0 heterocycles. The minimum Gasteiger partial charge on any atom is -0.398 e. The molecule has 18 heavy (non-hydrogen) atoms. The summed E-state index contributed by atoms with van der Waals surface area (Å²) in [6.07, 6.45) is 1.02. The number of nitrogens with two attached hydrogens (primary N) is 2. The molecule has 0 aliphatic carbocycles. The highest BCUT2D eigenvalue weighted by Gasteiger charge is 2.10. The highest BCUT2D eigenvalue weighted by atomic mass is 32.2. The van der Waals surface area contributed by atoms with Gasteiger partial charge in [-0.2, -0.15) is 0 Å². The first kappa shape index (κ1) is 14.7. The van der Waals surface area contributed by atoms with Crippen LogP contribution in [-0.2, 0) is 16.6 Å². The lowest BCUT2D eigenvalue weighted by molar-refractivity contribution is 0.100. The highest BCUT2D eigenvalue weighted by Crippen LogP contribution is 2.17. The van der Waals surface area contributed by atoms with Crippen LogP contribution in [0.2, 0.25) is 0 Å². The van der Waals surface area contributed by atoms with Gasteiger partial charge in [0, 0.05) is 27.8 Å². The average Bonchev–Trinajstić information content (AvgIpc) is 2.31. The molecule has 1 aromatic rings. The monoisotopic (exact) mass is 268 g/mol. The van der Waals surface area contributed by atoms with E-state index in [-0.39, 0.29) is 0 Å². The molecule has 2 atom stereocenters. The molecule has 4 N–H and O–H groups in total. The van der Waals surface area contributed by atoms with E-state index in [0.717, 1.165) is 12.0 Å². The van der Waals surface area contributed by atoms with Crippen LogP contribution in [0.4, 0.5) is 5.69 Å². The first-order valence-electron chi connectivity index (χ1n) is 5.97. The van der Waals surface area contributed by atoms with Crippen molar-refractivity contribution in [3.05, 3.63) is 29.3 Å². The quantitative estimate of drug-likeness (QED) is 0.769. The van der Waals surface area contributed by atoms with Gasteiger partial charge in [-0.1, -0.05) is 26.3 Å². The third-order valence-electron chi connectivity index (χ3n) is 2.91. The van der Waals surface area contributed by atoms with Gasteiger partial charge in [0.25, 0.3) is 0 Å². The fourth-order valence-electron chi connectivity index (χ4n) is 1.55. The summed E-state index contributed by atoms with van der Waals surface area (Å²) in [5.74, 6) is 1.04. The van der Waals surface area contributed by atoms with Crippen LogP contribution in [0.25, 0.3) is 0 Å². The number of amides is 1. The smallest absolute Gasteiger partial charge is 0.248 e. The molecule has 0 saturated carbocycles. The molecule has 0 bridgehead atoms. The number of nitrogen functional groups attached to an aromatic ring is 1. The maximum absolute atomic E-state index is 11.9. The largest absolute Gasteiger partial charge is 0.398 e. The van der Waals surface area contributed by atoms with Crippen molar-refractivity contribution in [2.24, 2.45) is 11.7 Å². The molecule has 0 saturated heterocycles. The predicted octanol–water partition coefficient (Wildman–Crippen LogP) is 1.66. The van der Waals surface area contributed by atoms with Gasteiger partial charge in [-0.05, 0) is 23.6 Å². The zero-order valence-corrected chi connectivity index (χ0v) is 11.6. The van der Waals surface area contributed by atoms with Crippen molar-refractivity contribution in [1.29, 1.82) is 0 Å². The van der Waals surface area contributed by atoms with Crippen molar-refractivity contribution in [2.45, 2.75) is 26.0 Å². The molecule has 2 unspecified atom stereocenters. The standard InChI is InChI=1S/C13H20N2O2S/c1-3-9(2)7-18(17)8-11-5-4-10(13(15)16)6-12(11)14/h4-6,9H,3,7-8,14H2,1-2H3,(H2,15,16). The Morgan fingerprint density at radius 2 is 2.11 bits per heavy atom. The first-order chi connectivity index (χ1) is 8.43. The molecular formula is C13H20N2O2S. The lowest BCUT2D eigenvalue weighted by Crippen LogP contribution is -2.13. The number of carbonyl (C=O) groups is 1. The van der Waals surface area contributed by atoms with Gasteiger partial charge >= 0.3 is 0 Å². The second-order valence-electron chi connectivity index (χ2n) is 4.54. The molecule has 1 amide bonds. The third kappa shape index (κ3) is 4.14. The molecule has 0 aromatic heterocycles. The summed E-state index contributed by atoms with van der Waals surface area (Å²) >= 11 is 0. The Morgan fingerprint density at radius 1 is 1.44 bits per heavy atom. The van der Waals surface area contributed by atoms with E-state index in [1.807, 2.05) is 0 Å². The molecule has 0 spiro atoms. The van der Waals surface area contributed by atoms with Crippen LogP contribution >= 0.6 is 0 Å². The topological polar surface area (TPSA) is 86.2 Å². The minimum atomic E-state index is -0.925. The van der Waals surface area contributed by atoms with E-state index >= 15 is 0 Å². The molecule has 0 aliphatic rings. The number of carbonyl (C=O) groups excluding carboxylic acids is 1. The van der Waals surface area contributed by atoms with Gasteiger partial charge in [0.1, 0.15) is 0 Å². The lowest BCUT2D eigenvalue weighted by Gasteiger charge is -2.10. The second kappa shape index (κ2) is 6.54. The Bertz CT molecular complexity index is 460. The summed E-state index contributed by atoms with van der Waals surface area (Å²) in [5, 5.41) is 0. The Morgan fingerprint density at radius 3 is 2.61 bits per heavy atom. The molecular weight excluding hydrogens is 248 g/mol. The van der Waals surface area contributed by atoms with E-state index in [4.69, 9.17) is 11.5 Å².